The number of furan rings is 1. The van der Waals surface area contributed by atoms with Gasteiger partial charge in [-0.05, 0) is 72.3 Å². The van der Waals surface area contributed by atoms with Crippen LogP contribution in [-0.2, 0) is 13.1 Å². The molecule has 1 aliphatic rings. The predicted octanol–water partition coefficient (Wildman–Crippen LogP) is 4.68. The molecule has 33 heavy (non-hydrogen) atoms. The van der Waals surface area contributed by atoms with Crippen molar-refractivity contribution in [3.8, 4) is 0 Å². The van der Waals surface area contributed by atoms with Gasteiger partial charge in [-0.25, -0.2) is 4.68 Å². The van der Waals surface area contributed by atoms with Crippen LogP contribution in [0, 0.1) is 6.92 Å². The monoisotopic (exact) mass is 446 g/mol. The molecular weight excluding hydrogens is 416 g/mol. The summed E-state index contributed by atoms with van der Waals surface area (Å²) < 4.78 is 7.69. The van der Waals surface area contributed by atoms with Crippen LogP contribution < -0.4 is 5.56 Å². The van der Waals surface area contributed by atoms with Crippen LogP contribution in [0.2, 0.25) is 0 Å². The zero-order valence-electron chi connectivity index (χ0n) is 19.2. The molecule has 0 amide bonds. The summed E-state index contributed by atoms with van der Waals surface area (Å²) in [5.41, 5.74) is 2.67. The number of rotatable bonds is 8. The minimum absolute atomic E-state index is 0.0432. The Labute approximate surface area is 192 Å². The Morgan fingerprint density at radius 2 is 2.06 bits per heavy atom. The van der Waals surface area contributed by atoms with Crippen molar-refractivity contribution in [2.24, 2.45) is 0 Å². The molecule has 1 N–H and O–H groups in total. The maximum Gasteiger partial charge on any atom is 0.252 e. The van der Waals surface area contributed by atoms with Gasteiger partial charge in [0.1, 0.15) is 5.76 Å². The molecule has 0 saturated heterocycles. The zero-order valence-corrected chi connectivity index (χ0v) is 19.2. The first kappa shape index (κ1) is 21.6. The van der Waals surface area contributed by atoms with Crippen molar-refractivity contribution in [3.05, 3.63) is 75.7 Å². The minimum atomic E-state index is -0.0685. The van der Waals surface area contributed by atoms with Crippen molar-refractivity contribution >= 4 is 10.9 Å². The van der Waals surface area contributed by atoms with Crippen LogP contribution in [0.4, 0.5) is 0 Å². The lowest BCUT2D eigenvalue weighted by Gasteiger charge is -2.30. The third kappa shape index (κ3) is 4.48. The molecule has 1 unspecified atom stereocenters. The molecule has 8 heteroatoms. The van der Waals surface area contributed by atoms with E-state index in [4.69, 9.17) is 4.42 Å². The summed E-state index contributed by atoms with van der Waals surface area (Å²) in [6.45, 7) is 5.23. The van der Waals surface area contributed by atoms with Crippen molar-refractivity contribution in [1.82, 2.24) is 30.1 Å². The molecular formula is C25H30N6O2. The summed E-state index contributed by atoms with van der Waals surface area (Å²) >= 11 is 0. The standard InChI is InChI=1S/C25H30N6O2/c1-3-23(24-27-28-29-31(24)20-7-4-5-8-20)30(16-21-9-6-12-33-21)15-19-14-18-13-17(2)10-11-22(18)26-25(19)32/h6,9-14,20,23H,3-5,7-8,15-16H2,1-2H3,(H,26,32). The van der Waals surface area contributed by atoms with Gasteiger partial charge in [0.2, 0.25) is 0 Å². The Balaban J connectivity index is 1.52. The molecule has 4 aromatic rings. The van der Waals surface area contributed by atoms with E-state index < -0.39 is 0 Å². The number of aromatic nitrogens is 5. The van der Waals surface area contributed by atoms with E-state index in [1.807, 2.05) is 35.0 Å². The Morgan fingerprint density at radius 1 is 1.21 bits per heavy atom. The minimum Gasteiger partial charge on any atom is -0.468 e. The lowest BCUT2D eigenvalue weighted by Crippen LogP contribution is -2.32. The van der Waals surface area contributed by atoms with Crippen LogP contribution in [0.25, 0.3) is 10.9 Å². The highest BCUT2D eigenvalue weighted by Crippen LogP contribution is 2.33. The summed E-state index contributed by atoms with van der Waals surface area (Å²) in [7, 11) is 0. The highest BCUT2D eigenvalue weighted by Gasteiger charge is 2.30. The van der Waals surface area contributed by atoms with Gasteiger partial charge < -0.3 is 9.40 Å². The average molecular weight is 447 g/mol. The van der Waals surface area contributed by atoms with Crippen LogP contribution in [0.5, 0.6) is 0 Å². The molecule has 8 nitrogen and oxygen atoms in total. The Bertz CT molecular complexity index is 1270. The lowest BCUT2D eigenvalue weighted by molar-refractivity contribution is 0.146. The molecule has 1 aliphatic carbocycles. The van der Waals surface area contributed by atoms with Crippen LogP contribution in [0.3, 0.4) is 0 Å². The fraction of sp³-hybridized carbons (Fsp3) is 0.440. The van der Waals surface area contributed by atoms with E-state index >= 15 is 0 Å². The van der Waals surface area contributed by atoms with Crippen LogP contribution in [0.1, 0.15) is 73.8 Å². The van der Waals surface area contributed by atoms with Gasteiger partial charge in [-0.3, -0.25) is 9.69 Å². The highest BCUT2D eigenvalue weighted by molar-refractivity contribution is 5.79. The number of H-pyrrole nitrogens is 1. The van der Waals surface area contributed by atoms with Crippen molar-refractivity contribution in [2.45, 2.75) is 71.1 Å². The maximum absolute atomic E-state index is 13.0. The Hall–Kier alpha value is -3.26. The number of aromatic amines is 1. The third-order valence-electron chi connectivity index (χ3n) is 6.70. The molecule has 1 fully saturated rings. The quantitative estimate of drug-likeness (QED) is 0.422. The van der Waals surface area contributed by atoms with E-state index in [0.29, 0.717) is 19.1 Å². The molecule has 0 bridgehead atoms. The summed E-state index contributed by atoms with van der Waals surface area (Å²) in [5.74, 6) is 1.71. The topological polar surface area (TPSA) is 92.8 Å². The number of aryl methyl sites for hydroxylation is 1. The van der Waals surface area contributed by atoms with E-state index in [1.165, 1.54) is 12.8 Å². The second kappa shape index (κ2) is 9.31. The van der Waals surface area contributed by atoms with E-state index in [-0.39, 0.29) is 11.6 Å². The van der Waals surface area contributed by atoms with E-state index in [2.05, 4.69) is 45.3 Å². The second-order valence-corrected chi connectivity index (χ2v) is 9.04. The number of benzene rings is 1. The smallest absolute Gasteiger partial charge is 0.252 e. The van der Waals surface area contributed by atoms with Gasteiger partial charge in [0.15, 0.2) is 5.82 Å². The maximum atomic E-state index is 13.0. The Kier molecular flexibility index (Phi) is 6.09. The van der Waals surface area contributed by atoms with Gasteiger partial charge in [-0.2, -0.15) is 0 Å². The summed E-state index contributed by atoms with van der Waals surface area (Å²) in [6, 6.07) is 12.2. The third-order valence-corrected chi connectivity index (χ3v) is 6.70. The molecule has 172 valence electrons. The van der Waals surface area contributed by atoms with Gasteiger partial charge in [0.25, 0.3) is 5.56 Å². The Morgan fingerprint density at radius 3 is 2.82 bits per heavy atom. The van der Waals surface area contributed by atoms with E-state index in [0.717, 1.165) is 52.9 Å². The van der Waals surface area contributed by atoms with E-state index in [1.54, 1.807) is 6.26 Å². The fourth-order valence-electron chi connectivity index (χ4n) is 5.02. The summed E-state index contributed by atoms with van der Waals surface area (Å²) in [6.07, 6.45) is 7.14. The first-order valence-corrected chi connectivity index (χ1v) is 11.8. The van der Waals surface area contributed by atoms with Crippen LogP contribution in [0.15, 0.2) is 51.9 Å². The molecule has 3 heterocycles. The molecule has 3 aromatic heterocycles. The predicted molar refractivity (Wildman–Crippen MR) is 126 cm³/mol. The highest BCUT2D eigenvalue weighted by atomic mass is 16.3. The normalized spacial score (nSPS) is 15.6. The molecule has 0 radical (unpaired) electrons. The first-order chi connectivity index (χ1) is 16.1. The van der Waals surface area contributed by atoms with Gasteiger partial charge in [0, 0.05) is 17.6 Å². The molecule has 1 aromatic carbocycles. The molecule has 1 saturated carbocycles. The van der Waals surface area contributed by atoms with Crippen LogP contribution >= 0.6 is 0 Å². The molecule has 0 aliphatic heterocycles. The largest absolute Gasteiger partial charge is 0.468 e. The fourth-order valence-corrected chi connectivity index (χ4v) is 5.02. The number of pyridine rings is 1. The second-order valence-electron chi connectivity index (χ2n) is 9.04. The van der Waals surface area contributed by atoms with Gasteiger partial charge in [-0.1, -0.05) is 31.4 Å². The van der Waals surface area contributed by atoms with Gasteiger partial charge in [-0.15, -0.1) is 5.10 Å². The number of tetrazole rings is 1. The molecule has 1 atom stereocenters. The van der Waals surface area contributed by atoms with Crippen molar-refractivity contribution in [1.29, 1.82) is 0 Å². The average Bonchev–Trinajstić information content (AvgIpc) is 3.58. The first-order valence-electron chi connectivity index (χ1n) is 11.8. The number of hydrogen-bond acceptors (Lipinski definition) is 6. The number of nitrogens with one attached hydrogen (secondary N) is 1. The molecule has 0 spiro atoms. The van der Waals surface area contributed by atoms with Gasteiger partial charge in [0.05, 0.1) is 24.9 Å². The van der Waals surface area contributed by atoms with Crippen LogP contribution in [-0.4, -0.2) is 30.1 Å². The van der Waals surface area contributed by atoms with Crippen molar-refractivity contribution < 1.29 is 4.42 Å². The van der Waals surface area contributed by atoms with Crippen molar-refractivity contribution in [2.75, 3.05) is 0 Å². The molecule has 5 rings (SSSR count). The SMILES string of the molecule is CCC(c1nnnn1C1CCCC1)N(Cc1ccco1)Cc1cc2cc(C)ccc2[nH]c1=O. The van der Waals surface area contributed by atoms with Crippen molar-refractivity contribution in [3.63, 3.8) is 0 Å². The van der Waals surface area contributed by atoms with Gasteiger partial charge >= 0.3 is 0 Å². The number of hydrogen-bond donors (Lipinski definition) is 1. The summed E-state index contributed by atoms with van der Waals surface area (Å²) in [5, 5.41) is 13.9. The lowest BCUT2D eigenvalue weighted by atomic mass is 10.1. The zero-order chi connectivity index (χ0) is 22.8. The number of fused-ring (bicyclic) bond motifs is 1. The number of nitrogens with zero attached hydrogens (tertiary/aromatic N) is 5. The summed E-state index contributed by atoms with van der Waals surface area (Å²) in [4.78, 5) is 18.3. The van der Waals surface area contributed by atoms with E-state index in [9.17, 15) is 4.79 Å².